The first-order chi connectivity index (χ1) is 16.5. The zero-order valence-corrected chi connectivity index (χ0v) is 18.7. The van der Waals surface area contributed by atoms with Crippen molar-refractivity contribution in [3.63, 3.8) is 0 Å². The van der Waals surface area contributed by atoms with Crippen LogP contribution < -0.4 is 5.32 Å². The van der Waals surface area contributed by atoms with E-state index in [-0.39, 0.29) is 24.5 Å². The van der Waals surface area contributed by atoms with E-state index < -0.39 is 6.10 Å². The van der Waals surface area contributed by atoms with Gasteiger partial charge in [0.1, 0.15) is 12.9 Å². The maximum Gasteiger partial charge on any atom is 0.338 e. The van der Waals surface area contributed by atoms with Crippen LogP contribution in [0.4, 0.5) is 0 Å². The van der Waals surface area contributed by atoms with E-state index in [4.69, 9.17) is 4.74 Å². The van der Waals surface area contributed by atoms with Crippen molar-refractivity contribution in [1.29, 1.82) is 0 Å². The molecule has 1 aromatic carbocycles. The Balaban J connectivity index is 1.13. The number of aliphatic hydroxyl groups is 1. The first kappa shape index (κ1) is 22.1. The van der Waals surface area contributed by atoms with Gasteiger partial charge < -0.3 is 20.1 Å². The second-order valence-corrected chi connectivity index (χ2v) is 8.61. The highest BCUT2D eigenvalue weighted by atomic mass is 16.5. The number of tetrazole rings is 1. The molecule has 2 aliphatic heterocycles. The van der Waals surface area contributed by atoms with E-state index in [2.05, 4.69) is 30.7 Å². The number of aliphatic hydroxyl groups excluding tert-OH is 1. The molecule has 4 heterocycles. The molecule has 176 valence electrons. The van der Waals surface area contributed by atoms with Crippen LogP contribution in [0.5, 0.6) is 0 Å². The predicted molar refractivity (Wildman–Crippen MR) is 119 cm³/mol. The highest BCUT2D eigenvalue weighted by Crippen LogP contribution is 2.29. The van der Waals surface area contributed by atoms with Gasteiger partial charge in [-0.05, 0) is 59.5 Å². The van der Waals surface area contributed by atoms with Gasteiger partial charge in [-0.15, -0.1) is 5.10 Å². The average molecular weight is 463 g/mol. The number of fused-ring (bicyclic) bond motifs is 1. The van der Waals surface area contributed by atoms with Crippen molar-refractivity contribution in [1.82, 2.24) is 35.4 Å². The number of cyclic esters (lactones) is 1. The van der Waals surface area contributed by atoms with Crippen LogP contribution in [0.3, 0.4) is 0 Å². The zero-order chi connectivity index (χ0) is 23.7. The van der Waals surface area contributed by atoms with Crippen LogP contribution in [-0.2, 0) is 11.3 Å². The van der Waals surface area contributed by atoms with Gasteiger partial charge in [-0.3, -0.25) is 4.79 Å². The summed E-state index contributed by atoms with van der Waals surface area (Å²) < 4.78 is 6.53. The Labute approximate surface area is 195 Å². The number of hydrogen-bond donors (Lipinski definition) is 2. The van der Waals surface area contributed by atoms with Crippen LogP contribution in [0.15, 0.2) is 36.8 Å². The van der Waals surface area contributed by atoms with Crippen LogP contribution in [0.25, 0.3) is 5.82 Å². The molecule has 1 saturated heterocycles. The molecule has 11 heteroatoms. The van der Waals surface area contributed by atoms with E-state index in [9.17, 15) is 14.7 Å². The second kappa shape index (κ2) is 9.27. The van der Waals surface area contributed by atoms with Crippen LogP contribution in [0.2, 0.25) is 0 Å². The van der Waals surface area contributed by atoms with Gasteiger partial charge in [-0.25, -0.2) is 9.78 Å². The number of hydrogen-bond acceptors (Lipinski definition) is 9. The van der Waals surface area contributed by atoms with E-state index in [1.165, 1.54) is 17.2 Å². The molecule has 2 aliphatic rings. The van der Waals surface area contributed by atoms with Crippen molar-refractivity contribution >= 4 is 11.9 Å². The van der Waals surface area contributed by atoms with Crippen LogP contribution in [0, 0.1) is 6.92 Å². The molecule has 5 rings (SSSR count). The number of β-amino-alcohol motifs (C(OH)–C–C–N with tert-alkyl or cyclic N) is 1. The van der Waals surface area contributed by atoms with Gasteiger partial charge in [0.2, 0.25) is 0 Å². The van der Waals surface area contributed by atoms with E-state index >= 15 is 0 Å². The number of amides is 1. The first-order valence-corrected chi connectivity index (χ1v) is 11.2. The number of ether oxygens (including phenoxy) is 1. The molecule has 11 nitrogen and oxygen atoms in total. The maximum absolute atomic E-state index is 12.6. The number of rotatable bonds is 6. The number of nitrogens with one attached hydrogen (secondary N) is 1. The summed E-state index contributed by atoms with van der Waals surface area (Å²) in [5, 5.41) is 24.8. The predicted octanol–water partition coefficient (Wildman–Crippen LogP) is 0.964. The largest absolute Gasteiger partial charge is 0.457 e. The summed E-state index contributed by atoms with van der Waals surface area (Å²) in [6.45, 7) is 4.22. The normalized spacial score (nSPS) is 17.3. The van der Waals surface area contributed by atoms with Gasteiger partial charge in [-0.1, -0.05) is 6.07 Å². The van der Waals surface area contributed by atoms with Gasteiger partial charge in [0.25, 0.3) is 5.91 Å². The van der Waals surface area contributed by atoms with Crippen molar-refractivity contribution in [2.75, 3.05) is 19.6 Å². The number of esters is 1. The molecule has 1 atom stereocenters. The Kier molecular flexibility index (Phi) is 6.03. The number of piperidine rings is 1. The van der Waals surface area contributed by atoms with Crippen LogP contribution in [0.1, 0.15) is 56.4 Å². The first-order valence-electron chi connectivity index (χ1n) is 11.2. The van der Waals surface area contributed by atoms with E-state index in [0.717, 1.165) is 42.6 Å². The third-order valence-corrected chi connectivity index (χ3v) is 6.51. The van der Waals surface area contributed by atoms with Crippen LogP contribution in [-0.4, -0.2) is 72.8 Å². The van der Waals surface area contributed by atoms with Crippen LogP contribution >= 0.6 is 0 Å². The lowest BCUT2D eigenvalue weighted by molar-refractivity contribution is 0.0534. The molecule has 3 aromatic rings. The van der Waals surface area contributed by atoms with Crippen molar-refractivity contribution < 1.29 is 19.4 Å². The fourth-order valence-corrected chi connectivity index (χ4v) is 4.52. The number of pyridine rings is 1. The number of aromatic nitrogens is 5. The summed E-state index contributed by atoms with van der Waals surface area (Å²) in [6, 6.07) is 7.00. The Morgan fingerprint density at radius 3 is 2.79 bits per heavy atom. The smallest absolute Gasteiger partial charge is 0.338 e. The average Bonchev–Trinajstić information content (AvgIpc) is 3.51. The third-order valence-electron chi connectivity index (χ3n) is 6.51. The van der Waals surface area contributed by atoms with Gasteiger partial charge in [-0.2, -0.15) is 4.68 Å². The third kappa shape index (κ3) is 4.39. The molecule has 0 aliphatic carbocycles. The monoisotopic (exact) mass is 463 g/mol. The topological polar surface area (TPSA) is 135 Å². The molecule has 0 saturated carbocycles. The Morgan fingerprint density at radius 1 is 1.26 bits per heavy atom. The highest BCUT2D eigenvalue weighted by molar-refractivity contribution is 5.94. The number of carbonyl (C=O) groups excluding carboxylic acids is 2. The van der Waals surface area contributed by atoms with E-state index in [0.29, 0.717) is 23.5 Å². The molecule has 2 N–H and O–H groups in total. The highest BCUT2D eigenvalue weighted by Gasteiger charge is 2.27. The Bertz CT molecular complexity index is 1190. The molecule has 34 heavy (non-hydrogen) atoms. The lowest BCUT2D eigenvalue weighted by Crippen LogP contribution is -2.45. The SMILES string of the molecule is Cc1c(C(O)CN2CCC(NC(=O)c3ccc(-n4cnnn4)nc3)CC2)ccc2c1COC2=O. The fraction of sp³-hybridized carbons (Fsp3) is 0.391. The number of nitrogens with zero attached hydrogens (tertiary/aromatic N) is 6. The molecular formula is C23H25N7O4. The zero-order valence-electron chi connectivity index (χ0n) is 18.7. The van der Waals surface area contributed by atoms with Crippen molar-refractivity contribution in [2.24, 2.45) is 0 Å². The molecule has 1 amide bonds. The molecule has 0 bridgehead atoms. The van der Waals surface area contributed by atoms with Gasteiger partial charge >= 0.3 is 5.97 Å². The molecule has 2 aromatic heterocycles. The van der Waals surface area contributed by atoms with E-state index in [1.54, 1.807) is 18.2 Å². The lowest BCUT2D eigenvalue weighted by atomic mass is 9.94. The summed E-state index contributed by atoms with van der Waals surface area (Å²) in [5.41, 5.74) is 3.67. The minimum atomic E-state index is -0.656. The number of carbonyl (C=O) groups is 2. The quantitative estimate of drug-likeness (QED) is 0.513. The second-order valence-electron chi connectivity index (χ2n) is 8.61. The van der Waals surface area contributed by atoms with Crippen molar-refractivity contribution in [3.8, 4) is 5.82 Å². The summed E-state index contributed by atoms with van der Waals surface area (Å²) in [7, 11) is 0. The Morgan fingerprint density at radius 2 is 2.09 bits per heavy atom. The standard InChI is InChI=1S/C23H25N7O4/c1-14-17(3-4-18-19(14)12-34-23(18)33)20(31)11-29-8-6-16(7-9-29)26-22(32)15-2-5-21(24-10-15)30-13-25-27-28-30/h2-5,10,13,16,20,31H,6-9,11-12H2,1H3,(H,26,32). The molecule has 1 fully saturated rings. The minimum absolute atomic E-state index is 0.0602. The van der Waals surface area contributed by atoms with Gasteiger partial charge in [0.05, 0.1) is 17.2 Å². The molecule has 0 radical (unpaired) electrons. The minimum Gasteiger partial charge on any atom is -0.457 e. The number of likely N-dealkylation sites (tertiary alicyclic amines) is 1. The molecular weight excluding hydrogens is 438 g/mol. The van der Waals surface area contributed by atoms with E-state index in [1.807, 2.05) is 13.0 Å². The maximum atomic E-state index is 12.6. The summed E-state index contributed by atoms with van der Waals surface area (Å²) >= 11 is 0. The van der Waals surface area contributed by atoms with Crippen molar-refractivity contribution in [3.05, 3.63) is 64.6 Å². The molecule has 0 spiro atoms. The van der Waals surface area contributed by atoms with Gasteiger partial charge in [0, 0.05) is 37.4 Å². The summed E-state index contributed by atoms with van der Waals surface area (Å²) in [5.74, 6) is 0.0634. The van der Waals surface area contributed by atoms with Gasteiger partial charge in [0.15, 0.2) is 5.82 Å². The number of benzene rings is 1. The molecule has 1 unspecified atom stereocenters. The van der Waals surface area contributed by atoms with Crippen molar-refractivity contribution in [2.45, 2.75) is 38.5 Å². The lowest BCUT2D eigenvalue weighted by Gasteiger charge is -2.33. The summed E-state index contributed by atoms with van der Waals surface area (Å²) in [4.78, 5) is 30.8. The fourth-order valence-electron chi connectivity index (χ4n) is 4.52. The Hall–Kier alpha value is -3.70. The summed E-state index contributed by atoms with van der Waals surface area (Å²) in [6.07, 6.45) is 3.88.